The summed E-state index contributed by atoms with van der Waals surface area (Å²) in [5.74, 6) is 1.21. The third kappa shape index (κ3) is 1.48. The summed E-state index contributed by atoms with van der Waals surface area (Å²) in [6.07, 6.45) is 1.13. The number of nitrogen functional groups attached to an aromatic ring is 1. The van der Waals surface area contributed by atoms with Crippen LogP contribution in [0.15, 0.2) is 5.38 Å². The van der Waals surface area contributed by atoms with Crippen LogP contribution in [0.25, 0.3) is 0 Å². The number of hydrogen-bond donors (Lipinski definition) is 1. The minimum atomic E-state index is 0.558. The van der Waals surface area contributed by atoms with Crippen molar-refractivity contribution in [2.24, 2.45) is 0 Å². The van der Waals surface area contributed by atoms with E-state index in [0.29, 0.717) is 11.7 Å². The maximum absolute atomic E-state index is 5.47. The molecule has 0 spiro atoms. The quantitative estimate of drug-likeness (QED) is 0.713. The fraction of sp³-hybridized carbons (Fsp3) is 0.571. The van der Waals surface area contributed by atoms with Gasteiger partial charge in [-0.1, -0.05) is 13.8 Å². The summed E-state index contributed by atoms with van der Waals surface area (Å²) in [7, 11) is 0. The lowest BCUT2D eigenvalue weighted by Crippen LogP contribution is -1.91. The number of rotatable bonds is 2. The zero-order valence-electron chi connectivity index (χ0n) is 6.29. The molecule has 0 fully saturated rings. The second-order valence-corrected chi connectivity index (χ2v) is 3.31. The van der Waals surface area contributed by atoms with E-state index in [1.165, 1.54) is 0 Å². The topological polar surface area (TPSA) is 38.9 Å². The van der Waals surface area contributed by atoms with E-state index in [1.807, 2.05) is 5.38 Å². The molecule has 56 valence electrons. The molecule has 2 N–H and O–H groups in total. The Morgan fingerprint density at radius 3 is 2.90 bits per heavy atom. The second-order valence-electron chi connectivity index (χ2n) is 2.42. The summed E-state index contributed by atoms with van der Waals surface area (Å²) in [4.78, 5) is 4.18. The molecule has 0 aliphatic heterocycles. The van der Waals surface area contributed by atoms with Gasteiger partial charge < -0.3 is 5.73 Å². The van der Waals surface area contributed by atoms with E-state index in [-0.39, 0.29) is 0 Å². The molecule has 0 saturated carbocycles. The van der Waals surface area contributed by atoms with Crippen molar-refractivity contribution in [2.45, 2.75) is 26.2 Å². The SMILES string of the molecule is CCC(C)c1nc(N)cs1. The summed E-state index contributed by atoms with van der Waals surface area (Å²) in [6, 6.07) is 0. The smallest absolute Gasteiger partial charge is 0.134 e. The minimum Gasteiger partial charge on any atom is -0.383 e. The Bertz CT molecular complexity index is 207. The number of aromatic nitrogens is 1. The van der Waals surface area contributed by atoms with E-state index in [1.54, 1.807) is 11.3 Å². The number of nitrogens with zero attached hydrogens (tertiary/aromatic N) is 1. The van der Waals surface area contributed by atoms with Gasteiger partial charge in [0, 0.05) is 11.3 Å². The van der Waals surface area contributed by atoms with Crippen molar-refractivity contribution in [3.8, 4) is 0 Å². The highest BCUT2D eigenvalue weighted by Crippen LogP contribution is 2.22. The van der Waals surface area contributed by atoms with Crippen LogP contribution in [-0.4, -0.2) is 4.98 Å². The van der Waals surface area contributed by atoms with Gasteiger partial charge in [0.05, 0.1) is 5.01 Å². The molecule has 2 nitrogen and oxygen atoms in total. The molecule has 0 aliphatic carbocycles. The van der Waals surface area contributed by atoms with E-state index in [4.69, 9.17) is 5.73 Å². The van der Waals surface area contributed by atoms with E-state index in [9.17, 15) is 0 Å². The van der Waals surface area contributed by atoms with Gasteiger partial charge in [-0.15, -0.1) is 11.3 Å². The molecule has 1 aromatic rings. The van der Waals surface area contributed by atoms with Crippen molar-refractivity contribution in [1.82, 2.24) is 4.98 Å². The molecule has 0 amide bonds. The molecule has 10 heavy (non-hydrogen) atoms. The molecular formula is C7H12N2S. The lowest BCUT2D eigenvalue weighted by atomic mass is 10.1. The van der Waals surface area contributed by atoms with Crippen molar-refractivity contribution < 1.29 is 0 Å². The largest absolute Gasteiger partial charge is 0.383 e. The maximum Gasteiger partial charge on any atom is 0.134 e. The number of anilines is 1. The van der Waals surface area contributed by atoms with Gasteiger partial charge >= 0.3 is 0 Å². The number of hydrogen-bond acceptors (Lipinski definition) is 3. The zero-order valence-corrected chi connectivity index (χ0v) is 7.11. The molecule has 1 heterocycles. The van der Waals surface area contributed by atoms with Crippen LogP contribution in [0.4, 0.5) is 5.82 Å². The summed E-state index contributed by atoms with van der Waals surface area (Å²) >= 11 is 1.65. The monoisotopic (exact) mass is 156 g/mol. The Morgan fingerprint density at radius 2 is 2.50 bits per heavy atom. The van der Waals surface area contributed by atoms with E-state index < -0.39 is 0 Å². The molecule has 3 heteroatoms. The first-order valence-electron chi connectivity index (χ1n) is 3.45. The molecule has 1 aromatic heterocycles. The van der Waals surface area contributed by atoms with E-state index in [2.05, 4.69) is 18.8 Å². The molecule has 1 unspecified atom stereocenters. The Labute approximate surface area is 65.1 Å². The first-order valence-corrected chi connectivity index (χ1v) is 4.33. The Kier molecular flexibility index (Phi) is 2.27. The highest BCUT2D eigenvalue weighted by molar-refractivity contribution is 7.10. The fourth-order valence-electron chi connectivity index (χ4n) is 0.702. The second kappa shape index (κ2) is 3.01. The highest BCUT2D eigenvalue weighted by atomic mass is 32.1. The predicted octanol–water partition coefficient (Wildman–Crippen LogP) is 2.24. The molecule has 0 radical (unpaired) electrons. The maximum atomic E-state index is 5.47. The van der Waals surface area contributed by atoms with Gasteiger partial charge in [-0.3, -0.25) is 0 Å². The highest BCUT2D eigenvalue weighted by Gasteiger charge is 2.05. The fourth-order valence-corrected chi connectivity index (χ4v) is 1.55. The summed E-state index contributed by atoms with van der Waals surface area (Å²) in [5.41, 5.74) is 5.47. The number of nitrogens with two attached hydrogens (primary N) is 1. The average molecular weight is 156 g/mol. The molecule has 0 aromatic carbocycles. The van der Waals surface area contributed by atoms with Crippen LogP contribution in [0.1, 0.15) is 31.2 Å². The van der Waals surface area contributed by atoms with Crippen molar-refractivity contribution in [1.29, 1.82) is 0 Å². The van der Waals surface area contributed by atoms with Gasteiger partial charge in [0.15, 0.2) is 0 Å². The summed E-state index contributed by atoms with van der Waals surface area (Å²) in [5, 5.41) is 3.04. The van der Waals surface area contributed by atoms with Gasteiger partial charge in [0.1, 0.15) is 5.82 Å². The summed E-state index contributed by atoms with van der Waals surface area (Å²) < 4.78 is 0. The normalized spacial score (nSPS) is 13.4. The molecule has 0 saturated heterocycles. The summed E-state index contributed by atoms with van der Waals surface area (Å²) in [6.45, 7) is 4.32. The molecule has 0 aliphatic rings. The van der Waals surface area contributed by atoms with Crippen LogP contribution in [0.2, 0.25) is 0 Å². The predicted molar refractivity (Wildman–Crippen MR) is 45.2 cm³/mol. The van der Waals surface area contributed by atoms with E-state index >= 15 is 0 Å². The minimum absolute atomic E-state index is 0.558. The van der Waals surface area contributed by atoms with Gasteiger partial charge in [-0.2, -0.15) is 0 Å². The van der Waals surface area contributed by atoms with Gasteiger partial charge in [0.2, 0.25) is 0 Å². The first kappa shape index (κ1) is 7.54. The lowest BCUT2D eigenvalue weighted by Gasteiger charge is -2.00. The van der Waals surface area contributed by atoms with Crippen LogP contribution in [-0.2, 0) is 0 Å². The zero-order chi connectivity index (χ0) is 7.56. The van der Waals surface area contributed by atoms with Crippen LogP contribution in [0.5, 0.6) is 0 Å². The van der Waals surface area contributed by atoms with Crippen LogP contribution in [0, 0.1) is 0 Å². The first-order chi connectivity index (χ1) is 4.74. The molecule has 0 bridgehead atoms. The third-order valence-electron chi connectivity index (χ3n) is 1.57. The molecular weight excluding hydrogens is 144 g/mol. The third-order valence-corrected chi connectivity index (χ3v) is 2.67. The van der Waals surface area contributed by atoms with Crippen molar-refractivity contribution >= 4 is 17.2 Å². The van der Waals surface area contributed by atoms with Gasteiger partial charge in [-0.25, -0.2) is 4.98 Å². The van der Waals surface area contributed by atoms with Crippen molar-refractivity contribution in [2.75, 3.05) is 5.73 Å². The van der Waals surface area contributed by atoms with Crippen LogP contribution < -0.4 is 5.73 Å². The van der Waals surface area contributed by atoms with Gasteiger partial charge in [-0.05, 0) is 6.42 Å². The molecule has 1 atom stereocenters. The molecule has 1 rings (SSSR count). The Morgan fingerprint density at radius 1 is 1.80 bits per heavy atom. The average Bonchev–Trinajstić information content (AvgIpc) is 2.34. The van der Waals surface area contributed by atoms with Gasteiger partial charge in [0.25, 0.3) is 0 Å². The van der Waals surface area contributed by atoms with Crippen LogP contribution >= 0.6 is 11.3 Å². The Hall–Kier alpha value is -0.570. The van der Waals surface area contributed by atoms with Crippen LogP contribution in [0.3, 0.4) is 0 Å². The van der Waals surface area contributed by atoms with Crippen molar-refractivity contribution in [3.05, 3.63) is 10.4 Å². The van der Waals surface area contributed by atoms with Crippen molar-refractivity contribution in [3.63, 3.8) is 0 Å². The Balaban J connectivity index is 2.74. The van der Waals surface area contributed by atoms with E-state index in [0.717, 1.165) is 11.4 Å². The lowest BCUT2D eigenvalue weighted by molar-refractivity contribution is 0.727. The standard InChI is InChI=1S/C7H12N2S/c1-3-5(2)7-9-6(8)4-10-7/h4-5H,3,8H2,1-2H3. The number of thiazole rings is 1.